The van der Waals surface area contributed by atoms with Crippen LogP contribution in [0.5, 0.6) is 0 Å². The Bertz CT molecular complexity index is 576. The van der Waals surface area contributed by atoms with E-state index >= 15 is 0 Å². The summed E-state index contributed by atoms with van der Waals surface area (Å²) in [5.74, 6) is -1.45. The van der Waals surface area contributed by atoms with Crippen LogP contribution in [0.2, 0.25) is 0 Å². The lowest BCUT2D eigenvalue weighted by atomic mass is 10.0. The van der Waals surface area contributed by atoms with Gasteiger partial charge < -0.3 is 20.6 Å². The normalized spacial score (nSPS) is 17.8. The van der Waals surface area contributed by atoms with Gasteiger partial charge in [-0.25, -0.2) is 0 Å². The molecule has 1 heterocycles. The Balaban J connectivity index is 2.79. The molecule has 0 spiro atoms. The number of Topliss-reactive ketones (excluding diaryl/α,β-unsaturated/α-hetero) is 1. The van der Waals surface area contributed by atoms with Gasteiger partial charge in [0.15, 0.2) is 0 Å². The van der Waals surface area contributed by atoms with Gasteiger partial charge in [-0.15, -0.1) is 0 Å². The minimum atomic E-state index is -0.982. The summed E-state index contributed by atoms with van der Waals surface area (Å²) in [5, 5.41) is 8.78. The average Bonchev–Trinajstić information content (AvgIpc) is 3.09. The highest BCUT2D eigenvalue weighted by Gasteiger charge is 2.34. The fourth-order valence-electron chi connectivity index (χ4n) is 3.38. The van der Waals surface area contributed by atoms with E-state index in [2.05, 4.69) is 0 Å². The first-order valence-corrected chi connectivity index (χ1v) is 10.1. The molecule has 0 aromatic heterocycles. The predicted octanol–water partition coefficient (Wildman–Crippen LogP) is 1.27. The summed E-state index contributed by atoms with van der Waals surface area (Å²) in [6, 6.07) is -1.01. The largest absolute Gasteiger partial charge is 0.481 e. The molecule has 0 aromatic carbocycles. The molecule has 8 heteroatoms. The number of aliphatic carboxylic acids is 1. The number of hydrogen-bond acceptors (Lipinski definition) is 5. The molecule has 28 heavy (non-hydrogen) atoms. The number of hydrogen-bond donors (Lipinski definition) is 2. The third-order valence-electron chi connectivity index (χ3n) is 5.16. The molecule has 0 radical (unpaired) electrons. The second-order valence-electron chi connectivity index (χ2n) is 8.18. The maximum absolute atomic E-state index is 12.7. The van der Waals surface area contributed by atoms with Crippen molar-refractivity contribution in [2.75, 3.05) is 19.6 Å². The molecule has 2 amide bonds. The van der Waals surface area contributed by atoms with E-state index in [9.17, 15) is 19.2 Å². The van der Waals surface area contributed by atoms with Gasteiger partial charge in [0.2, 0.25) is 11.8 Å². The van der Waals surface area contributed by atoms with Gasteiger partial charge >= 0.3 is 5.97 Å². The molecule has 160 valence electrons. The van der Waals surface area contributed by atoms with Crippen LogP contribution in [0.4, 0.5) is 0 Å². The Labute approximate surface area is 167 Å². The number of amides is 2. The zero-order valence-electron chi connectivity index (χ0n) is 17.5. The van der Waals surface area contributed by atoms with Gasteiger partial charge in [-0.1, -0.05) is 27.7 Å². The Kier molecular flexibility index (Phi) is 9.58. The SMILES string of the molecule is CC(C)C(=O)CCN(C[C@@H]1CCCN1C(=O)[C@@H](N)CCC(=O)O)C(=O)C(C)C. The number of likely N-dealkylation sites (tertiary alicyclic amines) is 1. The second-order valence-corrected chi connectivity index (χ2v) is 8.18. The number of carbonyl (C=O) groups is 4. The minimum Gasteiger partial charge on any atom is -0.481 e. The van der Waals surface area contributed by atoms with Gasteiger partial charge in [0.1, 0.15) is 5.78 Å². The van der Waals surface area contributed by atoms with Gasteiger partial charge in [-0.2, -0.15) is 0 Å². The molecule has 0 saturated carbocycles. The van der Waals surface area contributed by atoms with E-state index in [1.54, 1.807) is 9.80 Å². The highest BCUT2D eigenvalue weighted by Crippen LogP contribution is 2.21. The van der Waals surface area contributed by atoms with Crippen molar-refractivity contribution >= 4 is 23.6 Å². The van der Waals surface area contributed by atoms with Crippen LogP contribution in [-0.2, 0) is 19.2 Å². The fraction of sp³-hybridized carbons (Fsp3) is 0.800. The number of carbonyl (C=O) groups excluding carboxylic acids is 3. The van der Waals surface area contributed by atoms with Crippen molar-refractivity contribution in [3.8, 4) is 0 Å². The Morgan fingerprint density at radius 3 is 2.29 bits per heavy atom. The summed E-state index contributed by atoms with van der Waals surface area (Å²) in [6.45, 7) is 8.59. The first-order valence-electron chi connectivity index (χ1n) is 10.1. The first kappa shape index (κ1) is 24.1. The van der Waals surface area contributed by atoms with Crippen LogP contribution in [0.15, 0.2) is 0 Å². The topological polar surface area (TPSA) is 121 Å². The Morgan fingerprint density at radius 2 is 1.75 bits per heavy atom. The number of ketones is 1. The lowest BCUT2D eigenvalue weighted by Gasteiger charge is -2.33. The van der Waals surface area contributed by atoms with Crippen LogP contribution >= 0.6 is 0 Å². The summed E-state index contributed by atoms with van der Waals surface area (Å²) in [5.41, 5.74) is 5.90. The van der Waals surface area contributed by atoms with E-state index in [1.165, 1.54) is 0 Å². The molecule has 1 rings (SSSR count). The molecule has 1 saturated heterocycles. The monoisotopic (exact) mass is 397 g/mol. The van der Waals surface area contributed by atoms with E-state index in [-0.39, 0.29) is 48.3 Å². The number of nitrogens with zero attached hydrogens (tertiary/aromatic N) is 2. The summed E-state index contributed by atoms with van der Waals surface area (Å²) in [4.78, 5) is 51.4. The van der Waals surface area contributed by atoms with Crippen LogP contribution in [0.25, 0.3) is 0 Å². The number of carboxylic acids is 1. The standard InChI is InChI=1S/C20H35N3O5/c1-13(2)17(24)9-11-22(19(27)14(3)4)12-15-6-5-10-23(15)20(28)16(21)7-8-18(25)26/h13-16H,5-12,21H2,1-4H3,(H,25,26)/t15-,16-/m0/s1. The first-order chi connectivity index (χ1) is 13.0. The molecule has 0 aromatic rings. The average molecular weight is 398 g/mol. The molecule has 3 N–H and O–H groups in total. The van der Waals surface area contributed by atoms with Crippen molar-refractivity contribution in [3.63, 3.8) is 0 Å². The lowest BCUT2D eigenvalue weighted by Crippen LogP contribution is -2.51. The summed E-state index contributed by atoms with van der Waals surface area (Å²) >= 11 is 0. The van der Waals surface area contributed by atoms with E-state index in [0.717, 1.165) is 12.8 Å². The molecule has 0 aliphatic carbocycles. The van der Waals surface area contributed by atoms with E-state index in [0.29, 0.717) is 26.1 Å². The van der Waals surface area contributed by atoms with E-state index in [4.69, 9.17) is 10.8 Å². The van der Waals surface area contributed by atoms with Crippen LogP contribution in [0, 0.1) is 11.8 Å². The van der Waals surface area contributed by atoms with Crippen LogP contribution in [-0.4, -0.2) is 70.2 Å². The number of carboxylic acid groups (broad SMARTS) is 1. The van der Waals surface area contributed by atoms with Crippen molar-refractivity contribution < 1.29 is 24.3 Å². The van der Waals surface area contributed by atoms with Gasteiger partial charge in [0.05, 0.1) is 6.04 Å². The maximum atomic E-state index is 12.7. The van der Waals surface area contributed by atoms with Gasteiger partial charge in [0.25, 0.3) is 0 Å². The molecule has 1 aliphatic rings. The Hall–Kier alpha value is -1.96. The van der Waals surface area contributed by atoms with Crippen molar-refractivity contribution in [2.45, 2.75) is 71.9 Å². The van der Waals surface area contributed by atoms with Crippen molar-refractivity contribution in [3.05, 3.63) is 0 Å². The molecule has 8 nitrogen and oxygen atoms in total. The molecule has 0 unspecified atom stereocenters. The molecule has 1 aliphatic heterocycles. The highest BCUT2D eigenvalue weighted by atomic mass is 16.4. The predicted molar refractivity (Wildman–Crippen MR) is 105 cm³/mol. The van der Waals surface area contributed by atoms with Gasteiger partial charge in [-0.05, 0) is 19.3 Å². The highest BCUT2D eigenvalue weighted by molar-refractivity contribution is 5.84. The second kappa shape index (κ2) is 11.1. The molecular weight excluding hydrogens is 362 g/mol. The Morgan fingerprint density at radius 1 is 1.11 bits per heavy atom. The summed E-state index contributed by atoms with van der Waals surface area (Å²) in [7, 11) is 0. The lowest BCUT2D eigenvalue weighted by molar-refractivity contribution is -0.140. The smallest absolute Gasteiger partial charge is 0.303 e. The molecule has 2 atom stereocenters. The van der Waals surface area contributed by atoms with E-state index < -0.39 is 12.0 Å². The molecular formula is C20H35N3O5. The number of rotatable bonds is 11. The quantitative estimate of drug-likeness (QED) is 0.541. The van der Waals surface area contributed by atoms with Crippen LogP contribution < -0.4 is 5.73 Å². The van der Waals surface area contributed by atoms with Gasteiger partial charge in [-0.3, -0.25) is 19.2 Å². The number of nitrogens with two attached hydrogens (primary N) is 1. The zero-order valence-corrected chi connectivity index (χ0v) is 17.5. The zero-order chi connectivity index (χ0) is 21.4. The third kappa shape index (κ3) is 7.22. The molecule has 0 bridgehead atoms. The maximum Gasteiger partial charge on any atom is 0.303 e. The molecule has 1 fully saturated rings. The van der Waals surface area contributed by atoms with Crippen molar-refractivity contribution in [1.29, 1.82) is 0 Å². The summed E-state index contributed by atoms with van der Waals surface area (Å²) < 4.78 is 0. The van der Waals surface area contributed by atoms with Crippen molar-refractivity contribution in [2.24, 2.45) is 17.6 Å². The van der Waals surface area contributed by atoms with E-state index in [1.807, 2.05) is 27.7 Å². The fourth-order valence-corrected chi connectivity index (χ4v) is 3.38. The van der Waals surface area contributed by atoms with Crippen LogP contribution in [0.3, 0.4) is 0 Å². The third-order valence-corrected chi connectivity index (χ3v) is 5.16. The van der Waals surface area contributed by atoms with Gasteiger partial charge in [0, 0.05) is 50.4 Å². The van der Waals surface area contributed by atoms with Crippen LogP contribution in [0.1, 0.15) is 59.8 Å². The van der Waals surface area contributed by atoms with Crippen molar-refractivity contribution in [1.82, 2.24) is 9.80 Å². The minimum absolute atomic E-state index is 0.0361. The summed E-state index contributed by atoms with van der Waals surface area (Å²) in [6.07, 6.45) is 1.82.